The molecule has 6 nitrogen and oxygen atoms in total. The number of ether oxygens (including phenoxy) is 2. The number of hydrogen-bond donors (Lipinski definition) is 0. The fourth-order valence-electron chi connectivity index (χ4n) is 4.45. The second kappa shape index (κ2) is 7.09. The first-order valence-electron chi connectivity index (χ1n) is 9.41. The molecule has 0 aliphatic carbocycles. The van der Waals surface area contributed by atoms with E-state index in [2.05, 4.69) is 4.90 Å². The number of furan rings is 1. The molecule has 25 heavy (non-hydrogen) atoms. The Labute approximate surface area is 149 Å². The van der Waals surface area contributed by atoms with Crippen LogP contribution in [0.3, 0.4) is 0 Å². The summed E-state index contributed by atoms with van der Waals surface area (Å²) in [6, 6.07) is 4.24. The average Bonchev–Trinajstić information content (AvgIpc) is 3.18. The Kier molecular flexibility index (Phi) is 4.84. The molecule has 0 bridgehead atoms. The SMILES string of the molecule is Cc1ccc(C(=O)N2CCOC[C@]3(CCN(C4CCOCC4)C3)C2)o1. The molecule has 138 valence electrons. The van der Waals surface area contributed by atoms with Crippen molar-refractivity contribution in [3.05, 3.63) is 23.7 Å². The highest BCUT2D eigenvalue weighted by Crippen LogP contribution is 2.36. The van der Waals surface area contributed by atoms with E-state index in [0.717, 1.165) is 64.5 Å². The maximum absolute atomic E-state index is 12.8. The van der Waals surface area contributed by atoms with Gasteiger partial charge in [-0.25, -0.2) is 0 Å². The number of rotatable bonds is 2. The lowest BCUT2D eigenvalue weighted by molar-refractivity contribution is 0.0283. The van der Waals surface area contributed by atoms with Crippen LogP contribution in [0.15, 0.2) is 16.5 Å². The maximum Gasteiger partial charge on any atom is 0.289 e. The van der Waals surface area contributed by atoms with E-state index < -0.39 is 0 Å². The average molecular weight is 348 g/mol. The van der Waals surface area contributed by atoms with Crippen LogP contribution in [0.1, 0.15) is 35.6 Å². The number of likely N-dealkylation sites (tertiary alicyclic amines) is 1. The summed E-state index contributed by atoms with van der Waals surface area (Å²) in [4.78, 5) is 17.4. The topological polar surface area (TPSA) is 55.2 Å². The minimum absolute atomic E-state index is 0.0116. The summed E-state index contributed by atoms with van der Waals surface area (Å²) in [5, 5.41) is 0. The van der Waals surface area contributed by atoms with Gasteiger partial charge in [0.15, 0.2) is 5.76 Å². The molecule has 4 heterocycles. The molecule has 4 rings (SSSR count). The van der Waals surface area contributed by atoms with Crippen molar-refractivity contribution < 1.29 is 18.7 Å². The summed E-state index contributed by atoms with van der Waals surface area (Å²) in [7, 11) is 0. The Morgan fingerprint density at radius 3 is 2.72 bits per heavy atom. The van der Waals surface area contributed by atoms with E-state index in [0.29, 0.717) is 25.0 Å². The van der Waals surface area contributed by atoms with Gasteiger partial charge in [-0.15, -0.1) is 0 Å². The lowest BCUT2D eigenvalue weighted by Crippen LogP contribution is -2.45. The van der Waals surface area contributed by atoms with Crippen molar-refractivity contribution in [2.24, 2.45) is 5.41 Å². The standard InChI is InChI=1S/C19H28N2O4/c1-15-2-3-17(25-15)18(22)21-8-11-24-14-19(13-21)6-7-20(12-19)16-4-9-23-10-5-16/h2-3,16H,4-14H2,1H3/t19-/m0/s1. The first-order chi connectivity index (χ1) is 12.2. The fourth-order valence-corrected chi connectivity index (χ4v) is 4.45. The predicted octanol–water partition coefficient (Wildman–Crippen LogP) is 1.93. The lowest BCUT2D eigenvalue weighted by atomic mass is 9.87. The van der Waals surface area contributed by atoms with Crippen molar-refractivity contribution in [1.82, 2.24) is 9.80 Å². The van der Waals surface area contributed by atoms with Crippen LogP contribution in [0.2, 0.25) is 0 Å². The molecule has 0 radical (unpaired) electrons. The number of hydrogen-bond acceptors (Lipinski definition) is 5. The molecule has 1 amide bonds. The summed E-state index contributed by atoms with van der Waals surface area (Å²) in [5.74, 6) is 1.20. The van der Waals surface area contributed by atoms with Crippen LogP contribution in [0, 0.1) is 12.3 Å². The Balaban J connectivity index is 1.45. The van der Waals surface area contributed by atoms with Crippen LogP contribution >= 0.6 is 0 Å². The zero-order valence-corrected chi connectivity index (χ0v) is 15.0. The zero-order chi connectivity index (χ0) is 17.3. The van der Waals surface area contributed by atoms with Gasteiger partial charge in [-0.05, 0) is 44.9 Å². The van der Waals surface area contributed by atoms with E-state index in [1.165, 1.54) is 0 Å². The molecule has 3 fully saturated rings. The van der Waals surface area contributed by atoms with Gasteiger partial charge in [0.25, 0.3) is 5.91 Å². The summed E-state index contributed by atoms with van der Waals surface area (Å²) in [6.45, 7) is 8.45. The van der Waals surface area contributed by atoms with Gasteiger partial charge in [-0.2, -0.15) is 0 Å². The first-order valence-corrected chi connectivity index (χ1v) is 9.41. The Morgan fingerprint density at radius 2 is 1.96 bits per heavy atom. The molecule has 0 N–H and O–H groups in total. The zero-order valence-electron chi connectivity index (χ0n) is 15.0. The summed E-state index contributed by atoms with van der Waals surface area (Å²) >= 11 is 0. The molecule has 6 heteroatoms. The normalized spacial score (nSPS) is 29.2. The van der Waals surface area contributed by atoms with E-state index in [1.54, 1.807) is 6.07 Å². The largest absolute Gasteiger partial charge is 0.456 e. The minimum Gasteiger partial charge on any atom is -0.456 e. The van der Waals surface area contributed by atoms with Gasteiger partial charge in [0.2, 0.25) is 0 Å². The van der Waals surface area contributed by atoms with Crippen molar-refractivity contribution in [3.63, 3.8) is 0 Å². The number of aryl methyl sites for hydroxylation is 1. The van der Waals surface area contributed by atoms with Crippen LogP contribution in [0.5, 0.6) is 0 Å². The molecule has 3 saturated heterocycles. The molecular weight excluding hydrogens is 320 g/mol. The minimum atomic E-state index is -0.0116. The summed E-state index contributed by atoms with van der Waals surface area (Å²) in [6.07, 6.45) is 3.32. The highest BCUT2D eigenvalue weighted by Gasteiger charge is 2.44. The number of amides is 1. The van der Waals surface area contributed by atoms with Crippen molar-refractivity contribution in [3.8, 4) is 0 Å². The molecule has 1 aromatic rings. The van der Waals surface area contributed by atoms with Crippen LogP contribution < -0.4 is 0 Å². The predicted molar refractivity (Wildman–Crippen MR) is 92.6 cm³/mol. The summed E-state index contributed by atoms with van der Waals surface area (Å²) in [5.41, 5.74) is 0.0477. The third-order valence-corrected chi connectivity index (χ3v) is 5.85. The van der Waals surface area contributed by atoms with Crippen molar-refractivity contribution >= 4 is 5.91 Å². The molecule has 1 spiro atoms. The maximum atomic E-state index is 12.8. The second-order valence-corrected chi connectivity index (χ2v) is 7.75. The van der Waals surface area contributed by atoms with Gasteiger partial charge in [0.1, 0.15) is 5.76 Å². The van der Waals surface area contributed by atoms with E-state index in [4.69, 9.17) is 13.9 Å². The van der Waals surface area contributed by atoms with Crippen LogP contribution in [-0.4, -0.2) is 74.4 Å². The molecule has 1 aromatic heterocycles. The van der Waals surface area contributed by atoms with Gasteiger partial charge in [0, 0.05) is 44.3 Å². The van der Waals surface area contributed by atoms with Gasteiger partial charge < -0.3 is 18.8 Å². The third-order valence-electron chi connectivity index (χ3n) is 5.85. The molecule has 0 unspecified atom stereocenters. The quantitative estimate of drug-likeness (QED) is 0.817. The molecule has 3 aliphatic rings. The number of carbonyl (C=O) groups is 1. The smallest absolute Gasteiger partial charge is 0.289 e. The van der Waals surface area contributed by atoms with Gasteiger partial charge in [0.05, 0.1) is 13.2 Å². The van der Waals surface area contributed by atoms with Gasteiger partial charge in [-0.3, -0.25) is 9.69 Å². The monoisotopic (exact) mass is 348 g/mol. The molecule has 0 saturated carbocycles. The van der Waals surface area contributed by atoms with Crippen molar-refractivity contribution in [2.75, 3.05) is 52.6 Å². The van der Waals surface area contributed by atoms with Crippen LogP contribution in [-0.2, 0) is 9.47 Å². The molecule has 1 atom stereocenters. The number of carbonyl (C=O) groups excluding carboxylic acids is 1. The highest BCUT2D eigenvalue weighted by atomic mass is 16.5. The van der Waals surface area contributed by atoms with E-state index >= 15 is 0 Å². The number of nitrogens with zero attached hydrogens (tertiary/aromatic N) is 2. The first kappa shape index (κ1) is 17.1. The molecular formula is C19H28N2O4. The van der Waals surface area contributed by atoms with Gasteiger partial charge in [-0.1, -0.05) is 0 Å². The van der Waals surface area contributed by atoms with E-state index in [1.807, 2.05) is 17.9 Å². The molecule has 3 aliphatic heterocycles. The van der Waals surface area contributed by atoms with Crippen molar-refractivity contribution in [1.29, 1.82) is 0 Å². The summed E-state index contributed by atoms with van der Waals surface area (Å²) < 4.78 is 17.0. The second-order valence-electron chi connectivity index (χ2n) is 7.75. The Hall–Kier alpha value is -1.37. The van der Waals surface area contributed by atoms with Crippen LogP contribution in [0.25, 0.3) is 0 Å². The van der Waals surface area contributed by atoms with E-state index in [-0.39, 0.29) is 11.3 Å². The Bertz CT molecular complexity index is 610. The van der Waals surface area contributed by atoms with Crippen LogP contribution in [0.4, 0.5) is 0 Å². The molecule has 0 aromatic carbocycles. The fraction of sp³-hybridized carbons (Fsp3) is 0.737. The third kappa shape index (κ3) is 3.61. The Morgan fingerprint density at radius 1 is 1.12 bits per heavy atom. The highest BCUT2D eigenvalue weighted by molar-refractivity contribution is 5.91. The van der Waals surface area contributed by atoms with Gasteiger partial charge >= 0.3 is 0 Å². The van der Waals surface area contributed by atoms with E-state index in [9.17, 15) is 4.79 Å². The lowest BCUT2D eigenvalue weighted by Gasteiger charge is -2.35. The van der Waals surface area contributed by atoms with Crippen molar-refractivity contribution in [2.45, 2.75) is 32.2 Å².